The maximum Gasteiger partial charge on any atom is 0.226 e. The first-order chi connectivity index (χ1) is 8.19. The van der Waals surface area contributed by atoms with Gasteiger partial charge in [0.1, 0.15) is 0 Å². The highest BCUT2D eigenvalue weighted by atomic mass is 79.9. The van der Waals surface area contributed by atoms with E-state index in [4.69, 9.17) is 4.74 Å². The third kappa shape index (κ3) is 2.26. The maximum atomic E-state index is 12.5. The molecule has 2 aliphatic carbocycles. The van der Waals surface area contributed by atoms with Crippen LogP contribution < -0.4 is 0 Å². The van der Waals surface area contributed by atoms with Gasteiger partial charge in [0.2, 0.25) is 5.91 Å². The molecule has 0 spiro atoms. The second kappa shape index (κ2) is 4.54. The van der Waals surface area contributed by atoms with Gasteiger partial charge in [0.15, 0.2) is 0 Å². The summed E-state index contributed by atoms with van der Waals surface area (Å²) >= 11 is 3.44. The Bertz CT molecular complexity index is 313. The van der Waals surface area contributed by atoms with Crippen molar-refractivity contribution in [1.29, 1.82) is 0 Å². The lowest BCUT2D eigenvalue weighted by molar-refractivity contribution is -0.147. The van der Waals surface area contributed by atoms with E-state index in [1.165, 1.54) is 6.42 Å². The minimum Gasteiger partial charge on any atom is -0.373 e. The van der Waals surface area contributed by atoms with Crippen molar-refractivity contribution >= 4 is 21.8 Å². The quantitative estimate of drug-likeness (QED) is 0.731. The number of amides is 1. The fourth-order valence-electron chi connectivity index (χ4n) is 3.37. The second-order valence-electron chi connectivity index (χ2n) is 5.87. The first-order valence-electron chi connectivity index (χ1n) is 6.67. The van der Waals surface area contributed by atoms with Crippen LogP contribution >= 0.6 is 15.9 Å². The zero-order valence-electron chi connectivity index (χ0n) is 10.3. The van der Waals surface area contributed by atoms with Crippen molar-refractivity contribution in [3.8, 4) is 0 Å². The molecular formula is C13H20BrNO2. The van der Waals surface area contributed by atoms with E-state index in [1.54, 1.807) is 0 Å². The van der Waals surface area contributed by atoms with E-state index in [0.717, 1.165) is 36.6 Å². The molecule has 0 aromatic carbocycles. The zero-order valence-corrected chi connectivity index (χ0v) is 11.9. The number of morpholine rings is 1. The third-order valence-corrected chi connectivity index (χ3v) is 5.28. The molecule has 1 heterocycles. The molecule has 3 aliphatic rings. The Morgan fingerprint density at radius 1 is 1.35 bits per heavy atom. The lowest BCUT2D eigenvalue weighted by Gasteiger charge is -2.39. The van der Waals surface area contributed by atoms with Gasteiger partial charge in [0.25, 0.3) is 0 Å². The predicted molar refractivity (Wildman–Crippen MR) is 69.0 cm³/mol. The largest absolute Gasteiger partial charge is 0.373 e. The van der Waals surface area contributed by atoms with E-state index in [1.807, 2.05) is 0 Å². The molecule has 1 saturated heterocycles. The number of hydrogen-bond donors (Lipinski definition) is 0. The Morgan fingerprint density at radius 3 is 2.71 bits per heavy atom. The molecule has 4 unspecified atom stereocenters. The van der Waals surface area contributed by atoms with Gasteiger partial charge < -0.3 is 9.64 Å². The van der Waals surface area contributed by atoms with E-state index in [9.17, 15) is 4.79 Å². The van der Waals surface area contributed by atoms with Crippen molar-refractivity contribution in [2.24, 2.45) is 17.8 Å². The van der Waals surface area contributed by atoms with Crippen LogP contribution in [0.15, 0.2) is 0 Å². The summed E-state index contributed by atoms with van der Waals surface area (Å²) in [6.07, 6.45) is 3.84. The van der Waals surface area contributed by atoms with E-state index in [2.05, 4.69) is 27.8 Å². The number of hydrogen-bond acceptors (Lipinski definition) is 2. The van der Waals surface area contributed by atoms with Crippen LogP contribution in [0.25, 0.3) is 0 Å². The van der Waals surface area contributed by atoms with Crippen molar-refractivity contribution in [2.75, 3.05) is 18.5 Å². The smallest absolute Gasteiger partial charge is 0.226 e. The van der Waals surface area contributed by atoms with Crippen molar-refractivity contribution < 1.29 is 9.53 Å². The maximum absolute atomic E-state index is 12.5. The lowest BCUT2D eigenvalue weighted by Crippen LogP contribution is -2.53. The standard InChI is InChI=1S/C13H20BrNO2/c1-8-7-17-12(5-14)6-15(8)13(16)11-3-9-2-10(9)4-11/h8-12H,2-7H2,1H3. The number of rotatable bonds is 2. The fourth-order valence-corrected chi connectivity index (χ4v) is 3.76. The Hall–Kier alpha value is -0.0900. The van der Waals surface area contributed by atoms with E-state index in [0.29, 0.717) is 18.4 Å². The SMILES string of the molecule is CC1COC(CBr)CN1C(=O)C1CC2CC2C1. The topological polar surface area (TPSA) is 29.5 Å². The summed E-state index contributed by atoms with van der Waals surface area (Å²) in [5.41, 5.74) is 0. The van der Waals surface area contributed by atoms with Crippen LogP contribution in [-0.4, -0.2) is 41.4 Å². The number of halogens is 1. The van der Waals surface area contributed by atoms with Crippen molar-refractivity contribution in [2.45, 2.75) is 38.3 Å². The van der Waals surface area contributed by atoms with Gasteiger partial charge in [-0.1, -0.05) is 15.9 Å². The fraction of sp³-hybridized carbons (Fsp3) is 0.923. The van der Waals surface area contributed by atoms with Gasteiger partial charge in [0.05, 0.1) is 18.8 Å². The number of ether oxygens (including phenoxy) is 1. The van der Waals surface area contributed by atoms with Crippen LogP contribution in [0.2, 0.25) is 0 Å². The van der Waals surface area contributed by atoms with Crippen molar-refractivity contribution in [3.63, 3.8) is 0 Å². The van der Waals surface area contributed by atoms with Gasteiger partial charge in [-0.25, -0.2) is 0 Å². The Labute approximate surface area is 111 Å². The molecule has 0 aromatic heterocycles. The van der Waals surface area contributed by atoms with Crippen LogP contribution in [0, 0.1) is 17.8 Å². The Kier molecular flexibility index (Phi) is 3.20. The number of fused-ring (bicyclic) bond motifs is 1. The first-order valence-corrected chi connectivity index (χ1v) is 7.79. The Balaban J connectivity index is 1.62. The summed E-state index contributed by atoms with van der Waals surface area (Å²) < 4.78 is 5.67. The number of nitrogens with zero attached hydrogens (tertiary/aromatic N) is 1. The average Bonchev–Trinajstić information content (AvgIpc) is 2.96. The predicted octanol–water partition coefficient (Wildman–Crippen LogP) is 2.04. The van der Waals surface area contributed by atoms with Crippen LogP contribution in [-0.2, 0) is 9.53 Å². The van der Waals surface area contributed by atoms with Crippen molar-refractivity contribution in [3.05, 3.63) is 0 Å². The van der Waals surface area contributed by atoms with Gasteiger partial charge in [-0.15, -0.1) is 0 Å². The van der Waals surface area contributed by atoms with Crippen LogP contribution in [0.5, 0.6) is 0 Å². The van der Waals surface area contributed by atoms with Crippen LogP contribution in [0.3, 0.4) is 0 Å². The average molecular weight is 302 g/mol. The molecule has 17 heavy (non-hydrogen) atoms. The van der Waals surface area contributed by atoms with Crippen LogP contribution in [0.4, 0.5) is 0 Å². The molecule has 2 saturated carbocycles. The molecule has 0 radical (unpaired) electrons. The number of alkyl halides is 1. The molecule has 0 N–H and O–H groups in total. The summed E-state index contributed by atoms with van der Waals surface area (Å²) in [5, 5.41) is 0.819. The molecule has 3 fully saturated rings. The minimum atomic E-state index is 0.172. The van der Waals surface area contributed by atoms with E-state index >= 15 is 0 Å². The minimum absolute atomic E-state index is 0.172. The third-order valence-electron chi connectivity index (χ3n) is 4.55. The molecule has 96 valence electrons. The van der Waals surface area contributed by atoms with E-state index < -0.39 is 0 Å². The summed E-state index contributed by atoms with van der Waals surface area (Å²) in [4.78, 5) is 14.6. The van der Waals surface area contributed by atoms with Gasteiger partial charge >= 0.3 is 0 Å². The summed E-state index contributed by atoms with van der Waals surface area (Å²) in [7, 11) is 0. The van der Waals surface area contributed by atoms with Gasteiger partial charge in [-0.2, -0.15) is 0 Å². The molecule has 0 bridgehead atoms. The van der Waals surface area contributed by atoms with Crippen molar-refractivity contribution in [1.82, 2.24) is 4.90 Å². The summed E-state index contributed by atoms with van der Waals surface area (Å²) in [5.74, 6) is 2.47. The lowest BCUT2D eigenvalue weighted by atomic mass is 10.0. The molecule has 0 aromatic rings. The number of carbonyl (C=O) groups is 1. The van der Waals surface area contributed by atoms with Crippen LogP contribution in [0.1, 0.15) is 26.2 Å². The molecule has 1 amide bonds. The highest BCUT2D eigenvalue weighted by Gasteiger charge is 2.49. The normalized spacial score (nSPS) is 44.6. The van der Waals surface area contributed by atoms with Gasteiger partial charge in [0, 0.05) is 17.8 Å². The second-order valence-corrected chi connectivity index (χ2v) is 6.52. The summed E-state index contributed by atoms with van der Waals surface area (Å²) in [6, 6.07) is 0.245. The summed E-state index contributed by atoms with van der Waals surface area (Å²) in [6.45, 7) is 3.54. The van der Waals surface area contributed by atoms with Gasteiger partial charge in [-0.05, 0) is 38.0 Å². The molecule has 4 atom stereocenters. The molecule has 3 rings (SSSR count). The number of carbonyl (C=O) groups excluding carboxylic acids is 1. The highest BCUT2D eigenvalue weighted by molar-refractivity contribution is 9.09. The Morgan fingerprint density at radius 2 is 2.06 bits per heavy atom. The monoisotopic (exact) mass is 301 g/mol. The van der Waals surface area contributed by atoms with E-state index in [-0.39, 0.29) is 12.1 Å². The molecule has 3 nitrogen and oxygen atoms in total. The molecule has 1 aliphatic heterocycles. The highest BCUT2D eigenvalue weighted by Crippen LogP contribution is 2.54. The zero-order chi connectivity index (χ0) is 12.0. The molecule has 4 heteroatoms. The van der Waals surface area contributed by atoms with Gasteiger partial charge in [-0.3, -0.25) is 4.79 Å². The molecular weight excluding hydrogens is 282 g/mol. The first kappa shape index (κ1) is 12.0.